The summed E-state index contributed by atoms with van der Waals surface area (Å²) in [4.78, 5) is 22.8. The molecule has 0 bridgehead atoms. The zero-order valence-corrected chi connectivity index (χ0v) is 15.5. The summed E-state index contributed by atoms with van der Waals surface area (Å²) in [6.07, 6.45) is 1.05. The van der Waals surface area contributed by atoms with Gasteiger partial charge in [-0.2, -0.15) is 0 Å². The molecule has 1 N–H and O–H groups in total. The van der Waals surface area contributed by atoms with Crippen LogP contribution in [-0.2, 0) is 20.9 Å². The van der Waals surface area contributed by atoms with Crippen molar-refractivity contribution < 1.29 is 28.9 Å². The van der Waals surface area contributed by atoms with Crippen LogP contribution in [0, 0.1) is 6.92 Å². The van der Waals surface area contributed by atoms with Crippen LogP contribution in [0.15, 0.2) is 48.0 Å². The Bertz CT molecular complexity index is 839. The van der Waals surface area contributed by atoms with Crippen LogP contribution in [0.25, 0.3) is 6.08 Å². The number of hydrogen-bond donors (Lipinski definition) is 1. The number of hydrogen-bond acceptors (Lipinski definition) is 5. The lowest BCUT2D eigenvalue weighted by Crippen LogP contribution is -2.09. The second kappa shape index (κ2) is 9.43. The van der Waals surface area contributed by atoms with Gasteiger partial charge < -0.3 is 19.3 Å². The second-order valence-electron chi connectivity index (χ2n) is 5.88. The predicted molar refractivity (Wildman–Crippen MR) is 101 cm³/mol. The molecule has 6 heteroatoms. The molecule has 0 fully saturated rings. The minimum atomic E-state index is -1.11. The Hall–Kier alpha value is -3.28. The lowest BCUT2D eigenvalue weighted by Gasteiger charge is -2.15. The van der Waals surface area contributed by atoms with Crippen LogP contribution in [0.2, 0.25) is 0 Å². The van der Waals surface area contributed by atoms with Gasteiger partial charge in [0.05, 0.1) is 20.6 Å². The largest absolute Gasteiger partial charge is 0.493 e. The topological polar surface area (TPSA) is 82.1 Å². The van der Waals surface area contributed by atoms with Crippen molar-refractivity contribution in [2.75, 3.05) is 14.2 Å². The van der Waals surface area contributed by atoms with Crippen molar-refractivity contribution in [3.8, 4) is 11.5 Å². The number of carbonyl (C=O) groups excluding carboxylic acids is 1. The van der Waals surface area contributed by atoms with Crippen molar-refractivity contribution >= 4 is 18.0 Å². The van der Waals surface area contributed by atoms with Crippen LogP contribution >= 0.6 is 0 Å². The molecule has 2 rings (SSSR count). The Kier molecular flexibility index (Phi) is 7.00. The maximum atomic E-state index is 11.8. The van der Waals surface area contributed by atoms with Crippen molar-refractivity contribution in [2.24, 2.45) is 0 Å². The average molecular weight is 370 g/mol. The fraction of sp³-hybridized carbons (Fsp3) is 0.238. The minimum absolute atomic E-state index is 0.0457. The molecule has 2 aromatic carbocycles. The van der Waals surface area contributed by atoms with E-state index in [2.05, 4.69) is 4.74 Å². The molecule has 0 amide bonds. The van der Waals surface area contributed by atoms with Crippen molar-refractivity contribution in [3.05, 3.63) is 64.7 Å². The molecule has 0 atom stereocenters. The lowest BCUT2D eigenvalue weighted by molar-refractivity contribution is -0.141. The summed E-state index contributed by atoms with van der Waals surface area (Å²) >= 11 is 0. The lowest BCUT2D eigenvalue weighted by atomic mass is 10.0. The summed E-state index contributed by atoms with van der Waals surface area (Å²) in [5, 5.41) is 8.99. The average Bonchev–Trinajstić information content (AvgIpc) is 2.66. The van der Waals surface area contributed by atoms with Crippen molar-refractivity contribution in [2.45, 2.75) is 20.0 Å². The van der Waals surface area contributed by atoms with Crippen LogP contribution < -0.4 is 9.47 Å². The van der Waals surface area contributed by atoms with E-state index in [-0.39, 0.29) is 5.57 Å². The summed E-state index contributed by atoms with van der Waals surface area (Å²) in [7, 11) is 2.74. The van der Waals surface area contributed by atoms with Gasteiger partial charge in [0.15, 0.2) is 11.5 Å². The number of carboxylic acid groups (broad SMARTS) is 1. The van der Waals surface area contributed by atoms with Crippen molar-refractivity contribution in [1.29, 1.82) is 0 Å². The van der Waals surface area contributed by atoms with Crippen LogP contribution in [0.1, 0.15) is 23.1 Å². The summed E-state index contributed by atoms with van der Waals surface area (Å²) in [6.45, 7) is 2.24. The monoisotopic (exact) mass is 370 g/mol. The number of ether oxygens (including phenoxy) is 3. The molecule has 0 heterocycles. The summed E-state index contributed by atoms with van der Waals surface area (Å²) in [6, 6.07) is 13.2. The van der Waals surface area contributed by atoms with E-state index in [0.717, 1.165) is 11.1 Å². The van der Waals surface area contributed by atoms with E-state index in [1.54, 1.807) is 12.1 Å². The van der Waals surface area contributed by atoms with Gasteiger partial charge in [-0.15, -0.1) is 0 Å². The molecule has 0 saturated heterocycles. The highest BCUT2D eigenvalue weighted by Gasteiger charge is 2.16. The Morgan fingerprint density at radius 1 is 1.11 bits per heavy atom. The number of rotatable bonds is 8. The van der Waals surface area contributed by atoms with E-state index >= 15 is 0 Å². The van der Waals surface area contributed by atoms with Crippen LogP contribution in [-0.4, -0.2) is 31.3 Å². The quantitative estimate of drug-likeness (QED) is 0.565. The highest BCUT2D eigenvalue weighted by atomic mass is 16.5. The van der Waals surface area contributed by atoms with Crippen LogP contribution in [0.3, 0.4) is 0 Å². The predicted octanol–water partition coefficient (Wildman–Crippen LogP) is 3.61. The first-order valence-corrected chi connectivity index (χ1v) is 8.30. The second-order valence-corrected chi connectivity index (χ2v) is 5.88. The van der Waals surface area contributed by atoms with Crippen LogP contribution in [0.5, 0.6) is 11.5 Å². The summed E-state index contributed by atoms with van der Waals surface area (Å²) in [5.74, 6) is -0.704. The van der Waals surface area contributed by atoms with E-state index < -0.39 is 18.4 Å². The third kappa shape index (κ3) is 5.60. The Morgan fingerprint density at radius 3 is 2.41 bits per heavy atom. The van der Waals surface area contributed by atoms with Gasteiger partial charge in [-0.05, 0) is 41.8 Å². The Morgan fingerprint density at radius 2 is 1.81 bits per heavy atom. The molecule has 0 unspecified atom stereocenters. The van der Waals surface area contributed by atoms with E-state index in [1.807, 2.05) is 37.3 Å². The van der Waals surface area contributed by atoms with Gasteiger partial charge in [-0.3, -0.25) is 4.79 Å². The zero-order valence-electron chi connectivity index (χ0n) is 15.5. The molecule has 0 aliphatic rings. The number of aryl methyl sites for hydroxylation is 1. The molecule has 142 valence electrons. The van der Waals surface area contributed by atoms with Gasteiger partial charge in [0.2, 0.25) is 0 Å². The number of carbonyl (C=O) groups is 2. The maximum Gasteiger partial charge on any atom is 0.334 e. The number of carboxylic acids is 1. The standard InChI is InChI=1S/C21H22O6/c1-14-9-16(10-17(12-19(22)23)21(24)26-3)11-18(25-2)20(14)27-13-15-7-5-4-6-8-15/h4-11H,12-13H2,1-3H3,(H,22,23). The fourth-order valence-corrected chi connectivity index (χ4v) is 2.60. The van der Waals surface area contributed by atoms with Crippen molar-refractivity contribution in [3.63, 3.8) is 0 Å². The normalized spacial score (nSPS) is 11.0. The molecule has 0 radical (unpaired) electrons. The summed E-state index contributed by atoms with van der Waals surface area (Å²) < 4.78 is 16.0. The molecule has 0 spiro atoms. The number of benzene rings is 2. The first kappa shape index (κ1) is 20.0. The highest BCUT2D eigenvalue weighted by Crippen LogP contribution is 2.34. The Balaban J connectivity index is 2.32. The van der Waals surface area contributed by atoms with E-state index in [9.17, 15) is 9.59 Å². The molecular formula is C21H22O6. The molecule has 0 saturated carbocycles. The molecular weight excluding hydrogens is 348 g/mol. The van der Waals surface area contributed by atoms with Gasteiger partial charge in [-0.1, -0.05) is 30.3 Å². The third-order valence-electron chi connectivity index (χ3n) is 3.84. The third-order valence-corrected chi connectivity index (χ3v) is 3.84. The van der Waals surface area contributed by atoms with E-state index in [4.69, 9.17) is 14.6 Å². The van der Waals surface area contributed by atoms with Gasteiger partial charge in [-0.25, -0.2) is 4.79 Å². The Labute approximate surface area is 158 Å². The first-order chi connectivity index (χ1) is 12.9. The zero-order chi connectivity index (χ0) is 19.8. The van der Waals surface area contributed by atoms with E-state index in [1.165, 1.54) is 20.3 Å². The van der Waals surface area contributed by atoms with Gasteiger partial charge in [0, 0.05) is 5.57 Å². The maximum absolute atomic E-state index is 11.8. The number of esters is 1. The molecule has 0 aliphatic carbocycles. The molecule has 0 aliphatic heterocycles. The SMILES string of the molecule is COC(=O)C(=Cc1cc(C)c(OCc2ccccc2)c(OC)c1)CC(=O)O. The molecule has 27 heavy (non-hydrogen) atoms. The highest BCUT2D eigenvalue weighted by molar-refractivity contribution is 5.98. The van der Waals surface area contributed by atoms with Crippen LogP contribution in [0.4, 0.5) is 0 Å². The molecule has 6 nitrogen and oxygen atoms in total. The molecule has 2 aromatic rings. The van der Waals surface area contributed by atoms with Gasteiger partial charge >= 0.3 is 11.9 Å². The fourth-order valence-electron chi connectivity index (χ4n) is 2.60. The molecule has 0 aromatic heterocycles. The van der Waals surface area contributed by atoms with Crippen molar-refractivity contribution in [1.82, 2.24) is 0 Å². The van der Waals surface area contributed by atoms with E-state index in [0.29, 0.717) is 23.7 Å². The van der Waals surface area contributed by atoms with Gasteiger partial charge in [0.1, 0.15) is 6.61 Å². The number of methoxy groups -OCH3 is 2. The number of aliphatic carboxylic acids is 1. The summed E-state index contributed by atoms with van der Waals surface area (Å²) in [5.41, 5.74) is 2.50. The smallest absolute Gasteiger partial charge is 0.334 e. The first-order valence-electron chi connectivity index (χ1n) is 8.30. The van der Waals surface area contributed by atoms with Gasteiger partial charge in [0.25, 0.3) is 0 Å². The minimum Gasteiger partial charge on any atom is -0.493 e.